The van der Waals surface area contributed by atoms with Crippen molar-refractivity contribution in [3.63, 3.8) is 0 Å². The fourth-order valence-corrected chi connectivity index (χ4v) is 1.52. The molecule has 1 unspecified atom stereocenters. The van der Waals surface area contributed by atoms with Crippen LogP contribution in [0, 0.1) is 5.41 Å². The Hall–Kier alpha value is -0.770. The molecule has 0 aromatic rings. The fourth-order valence-electron chi connectivity index (χ4n) is 1.52. The molecule has 1 amide bonds. The molecule has 0 radical (unpaired) electrons. The first kappa shape index (κ1) is 11.3. The summed E-state index contributed by atoms with van der Waals surface area (Å²) >= 11 is 0. The minimum absolute atomic E-state index is 0.00102. The Kier molecular flexibility index (Phi) is 3.37. The SMILES string of the molecule is CC(C)(C)C1CN(C(=O)O)CCCO1. The maximum Gasteiger partial charge on any atom is 0.407 e. The van der Waals surface area contributed by atoms with Gasteiger partial charge in [-0.3, -0.25) is 0 Å². The molecule has 1 saturated heterocycles. The van der Waals surface area contributed by atoms with E-state index in [1.54, 1.807) is 0 Å². The molecule has 0 aliphatic carbocycles. The lowest BCUT2D eigenvalue weighted by Crippen LogP contribution is -2.41. The normalized spacial score (nSPS) is 24.5. The fraction of sp³-hybridized carbons (Fsp3) is 0.900. The van der Waals surface area contributed by atoms with Crippen LogP contribution in [0.15, 0.2) is 0 Å². The Morgan fingerprint density at radius 1 is 1.50 bits per heavy atom. The van der Waals surface area contributed by atoms with Gasteiger partial charge in [-0.15, -0.1) is 0 Å². The van der Waals surface area contributed by atoms with E-state index in [9.17, 15) is 4.79 Å². The lowest BCUT2D eigenvalue weighted by Gasteiger charge is -2.31. The molecule has 0 aromatic carbocycles. The third kappa shape index (κ3) is 2.87. The Morgan fingerprint density at radius 2 is 2.14 bits per heavy atom. The first-order valence-electron chi connectivity index (χ1n) is 5.01. The molecular weight excluding hydrogens is 182 g/mol. The standard InChI is InChI=1S/C10H19NO3/c1-10(2,3)8-7-11(9(12)13)5-4-6-14-8/h8H,4-7H2,1-3H3,(H,12,13). The van der Waals surface area contributed by atoms with Gasteiger partial charge in [0, 0.05) is 13.2 Å². The predicted molar refractivity (Wildman–Crippen MR) is 53.4 cm³/mol. The molecule has 1 aliphatic heterocycles. The minimum atomic E-state index is -0.843. The summed E-state index contributed by atoms with van der Waals surface area (Å²) in [5.74, 6) is 0. The highest BCUT2D eigenvalue weighted by Crippen LogP contribution is 2.24. The Bertz CT molecular complexity index is 210. The first-order chi connectivity index (χ1) is 6.41. The van der Waals surface area contributed by atoms with Crippen molar-refractivity contribution >= 4 is 6.09 Å². The van der Waals surface area contributed by atoms with E-state index in [4.69, 9.17) is 9.84 Å². The number of rotatable bonds is 0. The summed E-state index contributed by atoms with van der Waals surface area (Å²) in [6, 6.07) is 0. The highest BCUT2D eigenvalue weighted by atomic mass is 16.5. The smallest absolute Gasteiger partial charge is 0.407 e. The highest BCUT2D eigenvalue weighted by Gasteiger charge is 2.30. The van der Waals surface area contributed by atoms with Gasteiger partial charge >= 0.3 is 6.09 Å². The maximum atomic E-state index is 10.9. The van der Waals surface area contributed by atoms with Crippen LogP contribution >= 0.6 is 0 Å². The van der Waals surface area contributed by atoms with Crippen molar-refractivity contribution < 1.29 is 14.6 Å². The second-order valence-corrected chi connectivity index (χ2v) is 4.81. The van der Waals surface area contributed by atoms with Crippen molar-refractivity contribution in [3.8, 4) is 0 Å². The molecule has 1 heterocycles. The zero-order valence-corrected chi connectivity index (χ0v) is 9.12. The van der Waals surface area contributed by atoms with Crippen LogP contribution in [0.5, 0.6) is 0 Å². The van der Waals surface area contributed by atoms with Crippen molar-refractivity contribution in [2.45, 2.75) is 33.3 Å². The van der Waals surface area contributed by atoms with Gasteiger partial charge in [-0.25, -0.2) is 4.79 Å². The summed E-state index contributed by atoms with van der Waals surface area (Å²) < 4.78 is 5.64. The molecule has 4 nitrogen and oxygen atoms in total. The number of ether oxygens (including phenoxy) is 1. The molecular formula is C10H19NO3. The van der Waals surface area contributed by atoms with E-state index in [0.717, 1.165) is 6.42 Å². The molecule has 1 fully saturated rings. The summed E-state index contributed by atoms with van der Waals surface area (Å²) in [6.07, 6.45) is -0.0512. The average Bonchev–Trinajstić information content (AvgIpc) is 2.26. The Labute approximate surface area is 84.8 Å². The Morgan fingerprint density at radius 3 is 2.64 bits per heavy atom. The monoisotopic (exact) mass is 201 g/mol. The van der Waals surface area contributed by atoms with Crippen molar-refractivity contribution in [2.75, 3.05) is 19.7 Å². The molecule has 1 atom stereocenters. The second kappa shape index (κ2) is 4.17. The van der Waals surface area contributed by atoms with Crippen LogP contribution in [-0.2, 0) is 4.74 Å². The highest BCUT2D eigenvalue weighted by molar-refractivity contribution is 5.65. The summed E-state index contributed by atoms with van der Waals surface area (Å²) in [6.45, 7) is 7.95. The molecule has 0 spiro atoms. The zero-order chi connectivity index (χ0) is 10.8. The van der Waals surface area contributed by atoms with Crippen LogP contribution in [0.4, 0.5) is 4.79 Å². The van der Waals surface area contributed by atoms with Crippen molar-refractivity contribution in [3.05, 3.63) is 0 Å². The van der Waals surface area contributed by atoms with Crippen molar-refractivity contribution in [1.82, 2.24) is 4.90 Å². The summed E-state index contributed by atoms with van der Waals surface area (Å²) in [7, 11) is 0. The molecule has 82 valence electrons. The lowest BCUT2D eigenvalue weighted by atomic mass is 9.89. The van der Waals surface area contributed by atoms with E-state index in [1.165, 1.54) is 4.90 Å². The maximum absolute atomic E-state index is 10.9. The summed E-state index contributed by atoms with van der Waals surface area (Å²) in [4.78, 5) is 12.3. The summed E-state index contributed by atoms with van der Waals surface area (Å²) in [5.41, 5.74) is -0.00194. The van der Waals surface area contributed by atoms with Crippen LogP contribution in [0.3, 0.4) is 0 Å². The molecule has 0 bridgehead atoms. The molecule has 0 aromatic heterocycles. The van der Waals surface area contributed by atoms with Crippen LogP contribution in [0.25, 0.3) is 0 Å². The molecule has 1 N–H and O–H groups in total. The van der Waals surface area contributed by atoms with E-state index in [1.807, 2.05) is 0 Å². The van der Waals surface area contributed by atoms with E-state index in [0.29, 0.717) is 19.7 Å². The number of hydrogen-bond acceptors (Lipinski definition) is 2. The second-order valence-electron chi connectivity index (χ2n) is 4.81. The van der Waals surface area contributed by atoms with Gasteiger partial charge in [-0.1, -0.05) is 20.8 Å². The molecule has 1 rings (SSSR count). The van der Waals surface area contributed by atoms with Crippen LogP contribution in [0.2, 0.25) is 0 Å². The Balaban J connectivity index is 2.65. The largest absolute Gasteiger partial charge is 0.465 e. The third-order valence-electron chi connectivity index (χ3n) is 2.51. The topological polar surface area (TPSA) is 49.8 Å². The van der Waals surface area contributed by atoms with E-state index in [2.05, 4.69) is 20.8 Å². The minimum Gasteiger partial charge on any atom is -0.465 e. The van der Waals surface area contributed by atoms with Gasteiger partial charge in [0.25, 0.3) is 0 Å². The van der Waals surface area contributed by atoms with Gasteiger partial charge in [-0.2, -0.15) is 0 Å². The lowest BCUT2D eigenvalue weighted by molar-refractivity contribution is -0.0157. The van der Waals surface area contributed by atoms with Crippen molar-refractivity contribution in [1.29, 1.82) is 0 Å². The number of carboxylic acid groups (broad SMARTS) is 1. The van der Waals surface area contributed by atoms with Crippen molar-refractivity contribution in [2.24, 2.45) is 5.41 Å². The number of carbonyl (C=O) groups is 1. The van der Waals surface area contributed by atoms with Gasteiger partial charge in [0.1, 0.15) is 0 Å². The predicted octanol–water partition coefficient (Wildman–Crippen LogP) is 1.80. The van der Waals surface area contributed by atoms with Crippen LogP contribution < -0.4 is 0 Å². The van der Waals surface area contributed by atoms with Gasteiger partial charge in [0.15, 0.2) is 0 Å². The molecule has 0 saturated carbocycles. The molecule has 14 heavy (non-hydrogen) atoms. The van der Waals surface area contributed by atoms with E-state index in [-0.39, 0.29) is 11.5 Å². The molecule has 4 heteroatoms. The van der Waals surface area contributed by atoms with E-state index >= 15 is 0 Å². The summed E-state index contributed by atoms with van der Waals surface area (Å²) in [5, 5.41) is 8.92. The van der Waals surface area contributed by atoms with E-state index < -0.39 is 6.09 Å². The van der Waals surface area contributed by atoms with Gasteiger partial charge in [0.2, 0.25) is 0 Å². The number of nitrogens with zero attached hydrogens (tertiary/aromatic N) is 1. The van der Waals surface area contributed by atoms with Gasteiger partial charge in [0.05, 0.1) is 12.6 Å². The third-order valence-corrected chi connectivity index (χ3v) is 2.51. The number of hydrogen-bond donors (Lipinski definition) is 1. The molecule has 1 aliphatic rings. The van der Waals surface area contributed by atoms with Crippen LogP contribution in [0.1, 0.15) is 27.2 Å². The quantitative estimate of drug-likeness (QED) is 0.650. The average molecular weight is 201 g/mol. The number of amides is 1. The van der Waals surface area contributed by atoms with Crippen LogP contribution in [-0.4, -0.2) is 41.9 Å². The zero-order valence-electron chi connectivity index (χ0n) is 9.12. The van der Waals surface area contributed by atoms with Gasteiger partial charge in [-0.05, 0) is 11.8 Å². The van der Waals surface area contributed by atoms with Gasteiger partial charge < -0.3 is 14.7 Å². The first-order valence-corrected chi connectivity index (χ1v) is 5.01.